The van der Waals surface area contributed by atoms with Gasteiger partial charge in [-0.05, 0) is 85.7 Å². The third-order valence-electron chi connectivity index (χ3n) is 7.33. The number of ether oxygens (including phenoxy) is 1. The van der Waals surface area contributed by atoms with E-state index in [1.54, 1.807) is 24.3 Å². The summed E-state index contributed by atoms with van der Waals surface area (Å²) >= 11 is 3.41. The highest BCUT2D eigenvalue weighted by atomic mass is 79.9. The lowest BCUT2D eigenvalue weighted by Crippen LogP contribution is -2.30. The molecule has 5 rings (SSSR count). The summed E-state index contributed by atoms with van der Waals surface area (Å²) in [5, 5.41) is 2.69. The summed E-state index contributed by atoms with van der Waals surface area (Å²) in [6.07, 6.45) is 2.21. The SMILES string of the molecule is Cc1cc(NC(=O)COC(=O)c2ccc(N3C(=O)[C@@H]4CC[C@H](c5ccccc5)C[C@H]4C3=O)cc2)ccc1Br. The first-order chi connectivity index (χ1) is 18.3. The highest BCUT2D eigenvalue weighted by Crippen LogP contribution is 2.45. The highest BCUT2D eigenvalue weighted by molar-refractivity contribution is 9.10. The molecule has 3 atom stereocenters. The first kappa shape index (κ1) is 25.9. The van der Waals surface area contributed by atoms with Crippen LogP contribution in [0.2, 0.25) is 0 Å². The van der Waals surface area contributed by atoms with Gasteiger partial charge in [0.05, 0.1) is 23.1 Å². The number of carbonyl (C=O) groups is 4. The van der Waals surface area contributed by atoms with Crippen LogP contribution in [0.15, 0.2) is 77.3 Å². The Morgan fingerprint density at radius 2 is 1.66 bits per heavy atom. The number of aryl methyl sites for hydroxylation is 1. The number of hydrogen-bond acceptors (Lipinski definition) is 5. The molecule has 0 unspecified atom stereocenters. The van der Waals surface area contributed by atoms with Gasteiger partial charge in [-0.15, -0.1) is 0 Å². The monoisotopic (exact) mass is 574 g/mol. The Labute approximate surface area is 229 Å². The number of nitrogens with one attached hydrogen (secondary N) is 1. The van der Waals surface area contributed by atoms with Gasteiger partial charge < -0.3 is 10.1 Å². The van der Waals surface area contributed by atoms with Gasteiger partial charge in [-0.25, -0.2) is 4.79 Å². The van der Waals surface area contributed by atoms with Gasteiger partial charge in [-0.3, -0.25) is 19.3 Å². The van der Waals surface area contributed by atoms with Gasteiger partial charge in [-0.2, -0.15) is 0 Å². The second kappa shape index (κ2) is 10.9. The standard InChI is InChI=1S/C30H27BrN2O5/c1-18-15-22(10-14-26(18)31)32-27(34)17-38-30(37)20-7-11-23(12-8-20)33-28(35)24-13-9-21(16-25(24)29(33)36)19-5-3-2-4-6-19/h2-8,10-12,14-15,21,24-25H,9,13,16-17H2,1H3,(H,32,34)/t21-,24+,25+/m0/s1. The molecule has 0 bridgehead atoms. The number of amides is 3. The summed E-state index contributed by atoms with van der Waals surface area (Å²) in [6, 6.07) is 21.6. The fourth-order valence-electron chi connectivity index (χ4n) is 5.34. The van der Waals surface area contributed by atoms with E-state index in [1.165, 1.54) is 22.6 Å². The number of hydrogen-bond donors (Lipinski definition) is 1. The third-order valence-corrected chi connectivity index (χ3v) is 8.22. The van der Waals surface area contributed by atoms with Crippen molar-refractivity contribution in [1.82, 2.24) is 0 Å². The molecule has 1 N–H and O–H groups in total. The van der Waals surface area contributed by atoms with Crippen molar-refractivity contribution >= 4 is 51.0 Å². The van der Waals surface area contributed by atoms with Crippen LogP contribution in [0.25, 0.3) is 0 Å². The molecule has 0 aromatic heterocycles. The van der Waals surface area contributed by atoms with Gasteiger partial charge in [0.1, 0.15) is 0 Å². The van der Waals surface area contributed by atoms with E-state index in [-0.39, 0.29) is 35.1 Å². The normalized spacial score (nSPS) is 20.7. The molecule has 0 radical (unpaired) electrons. The number of halogens is 1. The van der Waals surface area contributed by atoms with E-state index >= 15 is 0 Å². The van der Waals surface area contributed by atoms with Crippen molar-refractivity contribution in [2.24, 2.45) is 11.8 Å². The number of rotatable bonds is 6. The van der Waals surface area contributed by atoms with Crippen LogP contribution in [0, 0.1) is 18.8 Å². The molecule has 38 heavy (non-hydrogen) atoms. The van der Waals surface area contributed by atoms with Crippen molar-refractivity contribution in [3.63, 3.8) is 0 Å². The largest absolute Gasteiger partial charge is 0.452 e. The second-order valence-corrected chi connectivity index (χ2v) is 10.6. The van der Waals surface area contributed by atoms with Crippen LogP contribution in [-0.4, -0.2) is 30.3 Å². The van der Waals surface area contributed by atoms with E-state index in [2.05, 4.69) is 33.4 Å². The Balaban J connectivity index is 1.19. The minimum atomic E-state index is -0.669. The predicted molar refractivity (Wildman–Crippen MR) is 147 cm³/mol. The lowest BCUT2D eigenvalue weighted by atomic mass is 9.73. The molecule has 1 heterocycles. The molecule has 3 aromatic carbocycles. The zero-order valence-corrected chi connectivity index (χ0v) is 22.4. The van der Waals surface area contributed by atoms with E-state index in [0.717, 1.165) is 16.5 Å². The molecular formula is C30H27BrN2O5. The second-order valence-electron chi connectivity index (χ2n) is 9.78. The van der Waals surface area contributed by atoms with Gasteiger partial charge in [0, 0.05) is 10.2 Å². The van der Waals surface area contributed by atoms with Crippen LogP contribution in [0.5, 0.6) is 0 Å². The maximum absolute atomic E-state index is 13.3. The van der Waals surface area contributed by atoms with Crippen molar-refractivity contribution in [3.05, 3.63) is 94.0 Å². The van der Waals surface area contributed by atoms with E-state index in [1.807, 2.05) is 31.2 Å². The number of esters is 1. The molecule has 3 amide bonds. The summed E-state index contributed by atoms with van der Waals surface area (Å²) in [5.41, 5.74) is 3.43. The Morgan fingerprint density at radius 3 is 2.37 bits per heavy atom. The average molecular weight is 575 g/mol. The van der Waals surface area contributed by atoms with E-state index in [0.29, 0.717) is 24.2 Å². The van der Waals surface area contributed by atoms with Crippen molar-refractivity contribution in [2.75, 3.05) is 16.8 Å². The van der Waals surface area contributed by atoms with E-state index < -0.39 is 18.5 Å². The molecule has 7 nitrogen and oxygen atoms in total. The first-order valence-corrected chi connectivity index (χ1v) is 13.4. The Kier molecular flexibility index (Phi) is 7.42. The van der Waals surface area contributed by atoms with Crippen LogP contribution >= 0.6 is 15.9 Å². The van der Waals surface area contributed by atoms with Crippen LogP contribution in [-0.2, 0) is 19.1 Å². The zero-order valence-electron chi connectivity index (χ0n) is 20.9. The lowest BCUT2D eigenvalue weighted by molar-refractivity contribution is -0.122. The van der Waals surface area contributed by atoms with Crippen LogP contribution in [0.4, 0.5) is 11.4 Å². The van der Waals surface area contributed by atoms with Gasteiger partial charge in [0.2, 0.25) is 11.8 Å². The molecule has 8 heteroatoms. The number of carbonyl (C=O) groups excluding carboxylic acids is 4. The number of imide groups is 1. The van der Waals surface area contributed by atoms with Crippen molar-refractivity contribution in [2.45, 2.75) is 32.1 Å². The number of nitrogens with zero attached hydrogens (tertiary/aromatic N) is 1. The van der Waals surface area contributed by atoms with Gasteiger partial charge in [0.25, 0.3) is 5.91 Å². The lowest BCUT2D eigenvalue weighted by Gasteiger charge is -2.28. The van der Waals surface area contributed by atoms with Gasteiger partial charge in [0.15, 0.2) is 6.61 Å². The number of benzene rings is 3. The van der Waals surface area contributed by atoms with E-state index in [4.69, 9.17) is 4.74 Å². The van der Waals surface area contributed by atoms with Gasteiger partial charge in [-0.1, -0.05) is 46.3 Å². The quantitative estimate of drug-likeness (QED) is 0.304. The third kappa shape index (κ3) is 5.27. The molecule has 1 saturated heterocycles. The maximum atomic E-state index is 13.3. The molecule has 2 aliphatic rings. The number of anilines is 2. The van der Waals surface area contributed by atoms with E-state index in [9.17, 15) is 19.2 Å². The maximum Gasteiger partial charge on any atom is 0.338 e. The molecule has 0 spiro atoms. The fourth-order valence-corrected chi connectivity index (χ4v) is 5.59. The summed E-state index contributed by atoms with van der Waals surface area (Å²) < 4.78 is 6.08. The Morgan fingerprint density at radius 1 is 0.947 bits per heavy atom. The Hall–Kier alpha value is -3.78. The van der Waals surface area contributed by atoms with Crippen LogP contribution < -0.4 is 10.2 Å². The van der Waals surface area contributed by atoms with Crippen LogP contribution in [0.1, 0.15) is 46.7 Å². The Bertz CT molecular complexity index is 1390. The molecule has 2 fully saturated rings. The summed E-state index contributed by atoms with van der Waals surface area (Å²) in [5.74, 6) is -1.87. The minimum absolute atomic E-state index is 0.179. The predicted octanol–water partition coefficient (Wildman–Crippen LogP) is 5.63. The molecule has 1 saturated carbocycles. The van der Waals surface area contributed by atoms with Crippen LogP contribution in [0.3, 0.4) is 0 Å². The van der Waals surface area contributed by atoms with Crippen molar-refractivity contribution in [1.29, 1.82) is 0 Å². The smallest absolute Gasteiger partial charge is 0.338 e. The highest BCUT2D eigenvalue weighted by Gasteiger charge is 2.50. The van der Waals surface area contributed by atoms with Gasteiger partial charge >= 0.3 is 5.97 Å². The fraction of sp³-hybridized carbons (Fsp3) is 0.267. The summed E-state index contributed by atoms with van der Waals surface area (Å²) in [6.45, 7) is 1.47. The first-order valence-electron chi connectivity index (χ1n) is 12.6. The average Bonchev–Trinajstić information content (AvgIpc) is 3.19. The summed E-state index contributed by atoms with van der Waals surface area (Å²) in [7, 11) is 0. The molecule has 1 aliphatic heterocycles. The van der Waals surface area contributed by atoms with Crippen molar-refractivity contribution in [3.8, 4) is 0 Å². The molecule has 194 valence electrons. The number of fused-ring (bicyclic) bond motifs is 1. The summed E-state index contributed by atoms with van der Waals surface area (Å²) in [4.78, 5) is 52.4. The molecule has 1 aliphatic carbocycles. The molecule has 3 aromatic rings. The zero-order chi connectivity index (χ0) is 26.8. The van der Waals surface area contributed by atoms with Crippen molar-refractivity contribution < 1.29 is 23.9 Å². The topological polar surface area (TPSA) is 92.8 Å². The molecular weight excluding hydrogens is 548 g/mol. The minimum Gasteiger partial charge on any atom is -0.452 e.